The Labute approximate surface area is 98.3 Å². The van der Waals surface area contributed by atoms with Crippen molar-refractivity contribution >= 4 is 23.2 Å². The molecule has 0 bridgehead atoms. The summed E-state index contributed by atoms with van der Waals surface area (Å²) >= 11 is 1.30. The zero-order valence-corrected chi connectivity index (χ0v) is 10.1. The van der Waals surface area contributed by atoms with Crippen molar-refractivity contribution in [3.63, 3.8) is 0 Å². The fraction of sp³-hybridized carbons (Fsp3) is 0.455. The van der Waals surface area contributed by atoms with E-state index >= 15 is 0 Å². The van der Waals surface area contributed by atoms with Crippen LogP contribution in [0.5, 0.6) is 0 Å². The molecule has 0 saturated carbocycles. The molecule has 1 unspecified atom stereocenters. The molecule has 0 aliphatic rings. The predicted octanol–water partition coefficient (Wildman–Crippen LogP) is 1.98. The molecule has 0 aliphatic carbocycles. The van der Waals surface area contributed by atoms with Gasteiger partial charge in [0.05, 0.1) is 4.88 Å². The fourth-order valence-corrected chi connectivity index (χ4v) is 1.96. The SMILES string of the molecule is CC(C)CC(NC(=O)c1cccs1)C(=O)O. The van der Waals surface area contributed by atoms with Gasteiger partial charge in [0.15, 0.2) is 0 Å². The lowest BCUT2D eigenvalue weighted by atomic mass is 10.0. The Balaban J connectivity index is 2.62. The Morgan fingerprint density at radius 3 is 2.62 bits per heavy atom. The van der Waals surface area contributed by atoms with Crippen LogP contribution in [0.2, 0.25) is 0 Å². The number of carbonyl (C=O) groups is 2. The van der Waals surface area contributed by atoms with Crippen LogP contribution in [-0.4, -0.2) is 23.0 Å². The number of nitrogens with one attached hydrogen (secondary N) is 1. The molecule has 1 aromatic heterocycles. The molecule has 2 N–H and O–H groups in total. The van der Waals surface area contributed by atoms with Gasteiger partial charge in [0.25, 0.3) is 5.91 Å². The Morgan fingerprint density at radius 1 is 1.50 bits per heavy atom. The van der Waals surface area contributed by atoms with Gasteiger partial charge in [-0.15, -0.1) is 11.3 Å². The molecule has 1 amide bonds. The van der Waals surface area contributed by atoms with E-state index in [2.05, 4.69) is 5.32 Å². The zero-order valence-electron chi connectivity index (χ0n) is 9.27. The minimum Gasteiger partial charge on any atom is -0.480 e. The number of hydrogen-bond acceptors (Lipinski definition) is 3. The lowest BCUT2D eigenvalue weighted by Gasteiger charge is -2.15. The number of thiophene rings is 1. The van der Waals surface area contributed by atoms with Crippen LogP contribution in [0.1, 0.15) is 29.9 Å². The fourth-order valence-electron chi connectivity index (χ4n) is 1.33. The molecule has 1 rings (SSSR count). The second-order valence-corrected chi connectivity index (χ2v) is 4.92. The molecule has 5 heteroatoms. The maximum absolute atomic E-state index is 11.6. The van der Waals surface area contributed by atoms with Crippen LogP contribution in [0.4, 0.5) is 0 Å². The topological polar surface area (TPSA) is 66.4 Å². The van der Waals surface area contributed by atoms with Crippen molar-refractivity contribution in [3.8, 4) is 0 Å². The molecule has 0 saturated heterocycles. The Hall–Kier alpha value is -1.36. The standard InChI is InChI=1S/C11H15NO3S/c1-7(2)6-8(11(14)15)12-10(13)9-4-3-5-16-9/h3-5,7-8H,6H2,1-2H3,(H,12,13)(H,14,15). The van der Waals surface area contributed by atoms with E-state index in [1.807, 2.05) is 13.8 Å². The number of aliphatic carboxylic acids is 1. The number of amides is 1. The number of carbonyl (C=O) groups excluding carboxylic acids is 1. The molecule has 1 aromatic rings. The molecule has 1 heterocycles. The summed E-state index contributed by atoms with van der Waals surface area (Å²) in [7, 11) is 0. The van der Waals surface area contributed by atoms with E-state index in [0.29, 0.717) is 11.3 Å². The molecule has 0 fully saturated rings. The minimum atomic E-state index is -0.987. The van der Waals surface area contributed by atoms with E-state index in [1.165, 1.54) is 11.3 Å². The molecule has 4 nitrogen and oxygen atoms in total. The average molecular weight is 241 g/mol. The van der Waals surface area contributed by atoms with Gasteiger partial charge in [0.2, 0.25) is 0 Å². The Bertz CT molecular complexity index is 359. The van der Waals surface area contributed by atoms with Crippen molar-refractivity contribution < 1.29 is 14.7 Å². The van der Waals surface area contributed by atoms with Crippen LogP contribution >= 0.6 is 11.3 Å². The van der Waals surface area contributed by atoms with E-state index in [1.54, 1.807) is 17.5 Å². The smallest absolute Gasteiger partial charge is 0.326 e. The summed E-state index contributed by atoms with van der Waals surface area (Å²) in [4.78, 5) is 23.1. The van der Waals surface area contributed by atoms with Crippen LogP contribution in [0.25, 0.3) is 0 Å². The van der Waals surface area contributed by atoms with Gasteiger partial charge in [-0.3, -0.25) is 4.79 Å². The van der Waals surface area contributed by atoms with Gasteiger partial charge < -0.3 is 10.4 Å². The number of carboxylic acid groups (broad SMARTS) is 1. The van der Waals surface area contributed by atoms with E-state index in [4.69, 9.17) is 5.11 Å². The van der Waals surface area contributed by atoms with Crippen molar-refractivity contribution in [1.29, 1.82) is 0 Å². The van der Waals surface area contributed by atoms with Crippen LogP contribution in [0.15, 0.2) is 17.5 Å². The van der Waals surface area contributed by atoms with Crippen LogP contribution in [0.3, 0.4) is 0 Å². The van der Waals surface area contributed by atoms with E-state index in [9.17, 15) is 9.59 Å². The maximum Gasteiger partial charge on any atom is 0.326 e. The van der Waals surface area contributed by atoms with Gasteiger partial charge in [-0.05, 0) is 23.8 Å². The lowest BCUT2D eigenvalue weighted by Crippen LogP contribution is -2.41. The van der Waals surface area contributed by atoms with Crippen molar-refractivity contribution in [3.05, 3.63) is 22.4 Å². The average Bonchev–Trinajstić information content (AvgIpc) is 2.68. The lowest BCUT2D eigenvalue weighted by molar-refractivity contribution is -0.139. The minimum absolute atomic E-state index is 0.227. The summed E-state index contributed by atoms with van der Waals surface area (Å²) in [5.41, 5.74) is 0. The summed E-state index contributed by atoms with van der Waals surface area (Å²) < 4.78 is 0. The summed E-state index contributed by atoms with van der Waals surface area (Å²) in [5, 5.41) is 13.3. The third kappa shape index (κ3) is 3.66. The number of carboxylic acids is 1. The Morgan fingerprint density at radius 2 is 2.19 bits per heavy atom. The van der Waals surface area contributed by atoms with Gasteiger partial charge in [0.1, 0.15) is 6.04 Å². The summed E-state index contributed by atoms with van der Waals surface area (Å²) in [6.45, 7) is 3.85. The van der Waals surface area contributed by atoms with Crippen molar-refractivity contribution in [2.24, 2.45) is 5.92 Å². The van der Waals surface area contributed by atoms with Crippen molar-refractivity contribution in [1.82, 2.24) is 5.32 Å². The van der Waals surface area contributed by atoms with Gasteiger partial charge in [-0.2, -0.15) is 0 Å². The molecule has 0 radical (unpaired) electrons. The number of hydrogen-bond donors (Lipinski definition) is 2. The molecule has 88 valence electrons. The first kappa shape index (κ1) is 12.7. The molecule has 1 atom stereocenters. The van der Waals surface area contributed by atoms with Gasteiger partial charge >= 0.3 is 5.97 Å². The molecular formula is C11H15NO3S. The van der Waals surface area contributed by atoms with Gasteiger partial charge in [-0.1, -0.05) is 19.9 Å². The maximum atomic E-state index is 11.6. The van der Waals surface area contributed by atoms with Crippen LogP contribution in [-0.2, 0) is 4.79 Å². The summed E-state index contributed by atoms with van der Waals surface area (Å²) in [5.74, 6) is -1.08. The quantitative estimate of drug-likeness (QED) is 0.828. The van der Waals surface area contributed by atoms with E-state index in [-0.39, 0.29) is 11.8 Å². The van der Waals surface area contributed by atoms with Crippen molar-refractivity contribution in [2.75, 3.05) is 0 Å². The van der Waals surface area contributed by atoms with E-state index in [0.717, 1.165) is 0 Å². The van der Waals surface area contributed by atoms with Crippen LogP contribution in [0, 0.1) is 5.92 Å². The molecule has 0 aliphatic heterocycles. The van der Waals surface area contributed by atoms with E-state index < -0.39 is 12.0 Å². The first-order valence-corrected chi connectivity index (χ1v) is 5.96. The highest BCUT2D eigenvalue weighted by Gasteiger charge is 2.21. The molecule has 16 heavy (non-hydrogen) atoms. The monoisotopic (exact) mass is 241 g/mol. The third-order valence-electron chi connectivity index (χ3n) is 2.06. The van der Waals surface area contributed by atoms with Crippen LogP contribution < -0.4 is 5.32 Å². The second-order valence-electron chi connectivity index (χ2n) is 3.97. The largest absolute Gasteiger partial charge is 0.480 e. The first-order chi connectivity index (χ1) is 7.50. The molecular weight excluding hydrogens is 226 g/mol. The highest BCUT2D eigenvalue weighted by Crippen LogP contribution is 2.10. The Kier molecular flexibility index (Phi) is 4.49. The first-order valence-electron chi connectivity index (χ1n) is 5.08. The zero-order chi connectivity index (χ0) is 12.1. The second kappa shape index (κ2) is 5.65. The normalized spacial score (nSPS) is 12.4. The summed E-state index contributed by atoms with van der Waals surface area (Å²) in [6.07, 6.45) is 0.437. The predicted molar refractivity (Wildman–Crippen MR) is 62.7 cm³/mol. The van der Waals surface area contributed by atoms with Crippen molar-refractivity contribution in [2.45, 2.75) is 26.3 Å². The summed E-state index contributed by atoms with van der Waals surface area (Å²) in [6, 6.07) is 2.63. The van der Waals surface area contributed by atoms with Gasteiger partial charge in [0, 0.05) is 0 Å². The third-order valence-corrected chi connectivity index (χ3v) is 2.92. The highest BCUT2D eigenvalue weighted by atomic mass is 32.1. The molecule has 0 spiro atoms. The number of rotatable bonds is 5. The molecule has 0 aromatic carbocycles. The van der Waals surface area contributed by atoms with Gasteiger partial charge in [-0.25, -0.2) is 4.79 Å². The highest BCUT2D eigenvalue weighted by molar-refractivity contribution is 7.12.